The molecule has 132 valence electrons. The van der Waals surface area contributed by atoms with E-state index in [0.29, 0.717) is 6.07 Å². The zero-order valence-corrected chi connectivity index (χ0v) is 13.3. The van der Waals surface area contributed by atoms with E-state index >= 15 is 0 Å². The summed E-state index contributed by atoms with van der Waals surface area (Å²) in [4.78, 5) is 36.7. The fraction of sp³-hybridized carbons (Fsp3) is 0.0556. The van der Waals surface area contributed by atoms with Gasteiger partial charge in [-0.15, -0.1) is 6.58 Å². The number of hydrogen-bond acceptors (Lipinski definition) is 4. The SMILES string of the molecule is C=CCN1C(=O)NC(=O)/C(=C/c2ccc(-c3ccc(F)cc3F)o2)C1=O. The Bertz CT molecular complexity index is 962. The number of benzene rings is 1. The highest BCUT2D eigenvalue weighted by Crippen LogP contribution is 2.27. The molecule has 0 saturated carbocycles. The maximum Gasteiger partial charge on any atom is 0.331 e. The van der Waals surface area contributed by atoms with Crippen LogP contribution in [0.3, 0.4) is 0 Å². The molecule has 1 aromatic heterocycles. The Morgan fingerprint density at radius 1 is 1.15 bits per heavy atom. The number of imide groups is 2. The van der Waals surface area contributed by atoms with Gasteiger partial charge in [-0.3, -0.25) is 19.8 Å². The lowest BCUT2D eigenvalue weighted by atomic mass is 10.1. The Morgan fingerprint density at radius 3 is 2.62 bits per heavy atom. The number of hydrogen-bond donors (Lipinski definition) is 1. The van der Waals surface area contributed by atoms with Crippen molar-refractivity contribution in [3.63, 3.8) is 0 Å². The van der Waals surface area contributed by atoms with Gasteiger partial charge in [0.05, 0.1) is 5.56 Å². The van der Waals surface area contributed by atoms with E-state index in [4.69, 9.17) is 4.42 Å². The Morgan fingerprint density at radius 2 is 1.92 bits per heavy atom. The van der Waals surface area contributed by atoms with Crippen LogP contribution in [-0.4, -0.2) is 29.3 Å². The summed E-state index contributed by atoms with van der Waals surface area (Å²) in [6.07, 6.45) is 2.48. The number of carbonyl (C=O) groups excluding carboxylic acids is 3. The van der Waals surface area contributed by atoms with Crippen LogP contribution in [0.15, 0.2) is 53.0 Å². The van der Waals surface area contributed by atoms with Crippen molar-refractivity contribution < 1.29 is 27.6 Å². The lowest BCUT2D eigenvalue weighted by molar-refractivity contribution is -0.129. The highest BCUT2D eigenvalue weighted by Gasteiger charge is 2.35. The quantitative estimate of drug-likeness (QED) is 0.518. The summed E-state index contributed by atoms with van der Waals surface area (Å²) in [5, 5.41) is 2.04. The van der Waals surface area contributed by atoms with Crippen molar-refractivity contribution in [3.05, 3.63) is 66.0 Å². The smallest absolute Gasteiger partial charge is 0.331 e. The number of halogens is 2. The first-order valence-electron chi connectivity index (χ1n) is 7.45. The predicted octanol–water partition coefficient (Wildman–Crippen LogP) is 2.87. The van der Waals surface area contributed by atoms with Crippen LogP contribution in [0.2, 0.25) is 0 Å². The van der Waals surface area contributed by atoms with Crippen LogP contribution >= 0.6 is 0 Å². The normalized spacial score (nSPS) is 16.2. The molecule has 2 heterocycles. The third-order valence-electron chi connectivity index (χ3n) is 3.61. The first-order valence-corrected chi connectivity index (χ1v) is 7.45. The van der Waals surface area contributed by atoms with Gasteiger partial charge < -0.3 is 4.42 Å². The van der Waals surface area contributed by atoms with Gasteiger partial charge >= 0.3 is 6.03 Å². The van der Waals surface area contributed by atoms with E-state index in [1.54, 1.807) is 0 Å². The number of amides is 4. The molecule has 1 N–H and O–H groups in total. The molecule has 6 nitrogen and oxygen atoms in total. The molecule has 1 aliphatic heterocycles. The number of urea groups is 1. The molecule has 1 aromatic carbocycles. The van der Waals surface area contributed by atoms with Crippen LogP contribution in [0.1, 0.15) is 5.76 Å². The van der Waals surface area contributed by atoms with Gasteiger partial charge in [-0.25, -0.2) is 13.6 Å². The van der Waals surface area contributed by atoms with Crippen molar-refractivity contribution >= 4 is 23.9 Å². The average molecular weight is 358 g/mol. The van der Waals surface area contributed by atoms with Crippen molar-refractivity contribution in [2.45, 2.75) is 0 Å². The molecule has 1 aliphatic rings. The Labute approximate surface area is 146 Å². The summed E-state index contributed by atoms with van der Waals surface area (Å²) in [6, 6.07) is 5.00. The van der Waals surface area contributed by atoms with Gasteiger partial charge in [0.15, 0.2) is 0 Å². The Hall–Kier alpha value is -3.55. The van der Waals surface area contributed by atoms with Crippen LogP contribution in [0.4, 0.5) is 13.6 Å². The number of nitrogens with one attached hydrogen (secondary N) is 1. The van der Waals surface area contributed by atoms with Gasteiger partial charge in [-0.2, -0.15) is 0 Å². The molecule has 1 saturated heterocycles. The maximum atomic E-state index is 13.8. The number of barbiturate groups is 1. The fourth-order valence-corrected chi connectivity index (χ4v) is 2.40. The topological polar surface area (TPSA) is 79.6 Å². The first kappa shape index (κ1) is 17.3. The molecule has 4 amide bonds. The van der Waals surface area contributed by atoms with E-state index in [1.165, 1.54) is 24.3 Å². The molecule has 0 unspecified atom stereocenters. The summed E-state index contributed by atoms with van der Waals surface area (Å²) in [5.41, 5.74) is -0.286. The molecular weight excluding hydrogens is 346 g/mol. The number of rotatable bonds is 4. The molecule has 2 aromatic rings. The molecule has 8 heteroatoms. The van der Waals surface area contributed by atoms with Gasteiger partial charge in [0.1, 0.15) is 28.7 Å². The van der Waals surface area contributed by atoms with E-state index < -0.39 is 29.5 Å². The van der Waals surface area contributed by atoms with Gasteiger partial charge in [-0.05, 0) is 30.3 Å². The summed E-state index contributed by atoms with van der Waals surface area (Å²) in [6.45, 7) is 3.37. The number of nitrogens with zero attached hydrogens (tertiary/aromatic N) is 1. The zero-order chi connectivity index (χ0) is 18.8. The van der Waals surface area contributed by atoms with E-state index in [0.717, 1.165) is 17.0 Å². The van der Waals surface area contributed by atoms with Crippen molar-refractivity contribution in [1.82, 2.24) is 10.2 Å². The summed E-state index contributed by atoms with van der Waals surface area (Å²) >= 11 is 0. The van der Waals surface area contributed by atoms with Crippen molar-refractivity contribution in [1.29, 1.82) is 0 Å². The second kappa shape index (κ2) is 6.75. The molecule has 0 spiro atoms. The van der Waals surface area contributed by atoms with Crippen LogP contribution in [0, 0.1) is 11.6 Å². The second-order valence-electron chi connectivity index (χ2n) is 5.35. The predicted molar refractivity (Wildman–Crippen MR) is 87.5 cm³/mol. The molecule has 1 fully saturated rings. The fourth-order valence-electron chi connectivity index (χ4n) is 2.40. The van der Waals surface area contributed by atoms with Crippen LogP contribution in [0.25, 0.3) is 17.4 Å². The molecule has 0 aliphatic carbocycles. The highest BCUT2D eigenvalue weighted by molar-refractivity contribution is 6.30. The molecule has 26 heavy (non-hydrogen) atoms. The number of carbonyl (C=O) groups is 3. The van der Waals surface area contributed by atoms with Crippen LogP contribution < -0.4 is 5.32 Å². The van der Waals surface area contributed by atoms with Crippen molar-refractivity contribution in [3.8, 4) is 11.3 Å². The van der Waals surface area contributed by atoms with Gasteiger partial charge in [0.2, 0.25) is 0 Å². The average Bonchev–Trinajstić information content (AvgIpc) is 3.04. The second-order valence-corrected chi connectivity index (χ2v) is 5.35. The molecule has 3 rings (SSSR count). The van der Waals surface area contributed by atoms with Crippen LogP contribution in [-0.2, 0) is 9.59 Å². The number of furan rings is 1. The highest BCUT2D eigenvalue weighted by atomic mass is 19.1. The maximum absolute atomic E-state index is 13.8. The largest absolute Gasteiger partial charge is 0.457 e. The third-order valence-corrected chi connectivity index (χ3v) is 3.61. The summed E-state index contributed by atoms with van der Waals surface area (Å²) < 4.78 is 32.2. The molecular formula is C18H12F2N2O4. The van der Waals surface area contributed by atoms with Gasteiger partial charge in [-0.1, -0.05) is 6.08 Å². The monoisotopic (exact) mass is 358 g/mol. The molecule has 0 atom stereocenters. The summed E-state index contributed by atoms with van der Waals surface area (Å²) in [5.74, 6) is -3.02. The minimum absolute atomic E-state index is 0.0268. The lowest BCUT2D eigenvalue weighted by Crippen LogP contribution is -2.54. The third kappa shape index (κ3) is 3.16. The lowest BCUT2D eigenvalue weighted by Gasteiger charge is -2.24. The minimum Gasteiger partial charge on any atom is -0.457 e. The molecule has 0 radical (unpaired) electrons. The van der Waals surface area contributed by atoms with Gasteiger partial charge in [0.25, 0.3) is 11.8 Å². The van der Waals surface area contributed by atoms with E-state index in [2.05, 4.69) is 6.58 Å². The standard InChI is InChI=1S/C18H12F2N2O4/c1-2-7-22-17(24)13(16(23)21-18(22)25)9-11-4-6-15(26-11)12-5-3-10(19)8-14(12)20/h2-6,8-9H,1,7H2,(H,21,23,25)/b13-9-. The zero-order valence-electron chi connectivity index (χ0n) is 13.3. The first-order chi connectivity index (χ1) is 12.4. The molecule has 0 bridgehead atoms. The summed E-state index contributed by atoms with van der Waals surface area (Å²) in [7, 11) is 0. The van der Waals surface area contributed by atoms with Gasteiger partial charge in [0, 0.05) is 12.6 Å². The Kier molecular flexibility index (Phi) is 4.49. The van der Waals surface area contributed by atoms with Crippen LogP contribution in [0.5, 0.6) is 0 Å². The van der Waals surface area contributed by atoms with Crippen molar-refractivity contribution in [2.75, 3.05) is 6.54 Å². The van der Waals surface area contributed by atoms with E-state index in [1.807, 2.05) is 5.32 Å². The van der Waals surface area contributed by atoms with E-state index in [9.17, 15) is 23.2 Å². The van der Waals surface area contributed by atoms with E-state index in [-0.39, 0.29) is 29.2 Å². The minimum atomic E-state index is -0.869. The van der Waals surface area contributed by atoms with Crippen molar-refractivity contribution in [2.24, 2.45) is 0 Å². The Balaban J connectivity index is 1.93.